The Kier molecular flexibility index (Phi) is 12.2. The number of amides is 2. The molecule has 6 rings (SSSR count). The SMILES string of the molecule is CC(=O)N1CCc2c(c(-c3ccc(C(F)(F)F)c(SCCNC(=O)OCc4ccccc4)c3)nn2CC(O)CN2CCC(c3ccccn3)CC2)C1. The van der Waals surface area contributed by atoms with Crippen molar-refractivity contribution in [1.82, 2.24) is 29.9 Å². The number of alkyl halides is 3. The van der Waals surface area contributed by atoms with Crippen molar-refractivity contribution in [3.05, 3.63) is 101 Å². The number of likely N-dealkylation sites (tertiary alicyclic amines) is 1. The molecule has 276 valence electrons. The van der Waals surface area contributed by atoms with E-state index in [-0.39, 0.29) is 42.8 Å². The molecule has 4 heterocycles. The summed E-state index contributed by atoms with van der Waals surface area (Å²) in [6.07, 6.45) is -1.74. The van der Waals surface area contributed by atoms with Gasteiger partial charge in [0.25, 0.3) is 0 Å². The first-order chi connectivity index (χ1) is 25.0. The highest BCUT2D eigenvalue weighted by atomic mass is 32.2. The Morgan fingerprint density at radius 1 is 1.04 bits per heavy atom. The van der Waals surface area contributed by atoms with Gasteiger partial charge in [0.05, 0.1) is 23.9 Å². The molecule has 0 aliphatic carbocycles. The van der Waals surface area contributed by atoms with Crippen molar-refractivity contribution < 1.29 is 32.6 Å². The predicted molar refractivity (Wildman–Crippen MR) is 191 cm³/mol. The van der Waals surface area contributed by atoms with Gasteiger partial charge in [-0.15, -0.1) is 11.8 Å². The van der Waals surface area contributed by atoms with E-state index in [9.17, 15) is 27.9 Å². The number of fused-ring (bicyclic) bond motifs is 1. The number of nitrogens with one attached hydrogen (secondary N) is 1. The van der Waals surface area contributed by atoms with Crippen molar-refractivity contribution >= 4 is 23.8 Å². The average molecular weight is 737 g/mol. The molecule has 1 saturated heterocycles. The molecule has 0 radical (unpaired) electrons. The van der Waals surface area contributed by atoms with Crippen LogP contribution in [-0.2, 0) is 41.8 Å². The number of pyridine rings is 1. The zero-order chi connectivity index (χ0) is 36.7. The fourth-order valence-corrected chi connectivity index (χ4v) is 7.81. The summed E-state index contributed by atoms with van der Waals surface area (Å²) in [6, 6.07) is 19.1. The van der Waals surface area contributed by atoms with Crippen molar-refractivity contribution in [3.63, 3.8) is 0 Å². The number of β-amino-alcohol motifs (C(OH)–C–C–N with tert-alkyl or cyclic N) is 1. The molecule has 2 aromatic heterocycles. The summed E-state index contributed by atoms with van der Waals surface area (Å²) in [6.45, 7) is 4.79. The van der Waals surface area contributed by atoms with Crippen LogP contribution in [-0.4, -0.2) is 86.3 Å². The molecule has 2 N–H and O–H groups in total. The lowest BCUT2D eigenvalue weighted by molar-refractivity contribution is -0.139. The lowest BCUT2D eigenvalue weighted by Crippen LogP contribution is -2.40. The first kappa shape index (κ1) is 37.4. The van der Waals surface area contributed by atoms with Gasteiger partial charge in [0, 0.05) is 84.8 Å². The number of benzene rings is 2. The number of rotatable bonds is 12. The molecule has 2 aliphatic rings. The predicted octanol–water partition coefficient (Wildman–Crippen LogP) is 6.13. The van der Waals surface area contributed by atoms with Crippen LogP contribution < -0.4 is 5.32 Å². The van der Waals surface area contributed by atoms with Gasteiger partial charge in [-0.05, 0) is 55.8 Å². The van der Waals surface area contributed by atoms with Crippen LogP contribution >= 0.6 is 11.8 Å². The monoisotopic (exact) mass is 736 g/mol. The lowest BCUT2D eigenvalue weighted by atomic mass is 9.93. The number of thioether (sulfide) groups is 1. The molecular formula is C38H43F3N6O4S. The van der Waals surface area contributed by atoms with Gasteiger partial charge >= 0.3 is 12.3 Å². The van der Waals surface area contributed by atoms with E-state index in [2.05, 4.69) is 21.3 Å². The van der Waals surface area contributed by atoms with Crippen LogP contribution in [0.3, 0.4) is 0 Å². The van der Waals surface area contributed by atoms with Gasteiger partial charge in [-0.2, -0.15) is 18.3 Å². The molecule has 2 amide bonds. The van der Waals surface area contributed by atoms with Crippen LogP contribution in [0.2, 0.25) is 0 Å². The molecule has 0 bridgehead atoms. The van der Waals surface area contributed by atoms with Crippen LogP contribution in [0.5, 0.6) is 0 Å². The maximum atomic E-state index is 14.1. The normalized spacial score (nSPS) is 16.0. The van der Waals surface area contributed by atoms with Crippen molar-refractivity contribution in [2.75, 3.05) is 38.5 Å². The molecule has 0 saturated carbocycles. The van der Waals surface area contributed by atoms with Gasteiger partial charge in [0.15, 0.2) is 0 Å². The summed E-state index contributed by atoms with van der Waals surface area (Å²) in [7, 11) is 0. The maximum Gasteiger partial charge on any atom is 0.417 e. The largest absolute Gasteiger partial charge is 0.445 e. The van der Waals surface area contributed by atoms with E-state index in [1.165, 1.54) is 19.1 Å². The Balaban J connectivity index is 1.14. The molecule has 4 aromatic rings. The standard InChI is InChI=1S/C38H43F3N6O4S/c1-26(48)46-19-14-34-31(24-46)36(44-47(34)23-30(49)22-45-17-12-28(13-18-45)33-9-5-6-15-42-33)29-10-11-32(38(39,40)41)35(21-29)52-20-16-43-37(50)51-25-27-7-3-2-4-8-27/h2-11,15,21,28,30,49H,12-14,16-20,22-25H2,1H3,(H,43,50). The van der Waals surface area contributed by atoms with E-state index in [1.54, 1.807) is 9.58 Å². The Hall–Kier alpha value is -4.40. The first-order valence-corrected chi connectivity index (χ1v) is 18.5. The molecule has 2 aromatic carbocycles. The average Bonchev–Trinajstić information content (AvgIpc) is 3.50. The second-order valence-electron chi connectivity index (χ2n) is 13.2. The van der Waals surface area contributed by atoms with E-state index in [1.807, 2.05) is 48.7 Å². The number of carbonyl (C=O) groups excluding carboxylic acids is 2. The molecule has 52 heavy (non-hydrogen) atoms. The summed E-state index contributed by atoms with van der Waals surface area (Å²) < 4.78 is 49.4. The van der Waals surface area contributed by atoms with E-state index >= 15 is 0 Å². The Morgan fingerprint density at radius 2 is 1.81 bits per heavy atom. The van der Waals surface area contributed by atoms with E-state index in [0.29, 0.717) is 36.7 Å². The van der Waals surface area contributed by atoms with Gasteiger partial charge in [-0.25, -0.2) is 4.79 Å². The second-order valence-corrected chi connectivity index (χ2v) is 14.3. The zero-order valence-corrected chi connectivity index (χ0v) is 29.8. The van der Waals surface area contributed by atoms with Crippen LogP contribution in [0.25, 0.3) is 11.3 Å². The fourth-order valence-electron chi connectivity index (χ4n) is 6.84. The smallest absolute Gasteiger partial charge is 0.417 e. The molecule has 1 fully saturated rings. The van der Waals surface area contributed by atoms with Crippen LogP contribution in [0.15, 0.2) is 77.8 Å². The zero-order valence-electron chi connectivity index (χ0n) is 29.0. The minimum absolute atomic E-state index is 0.00104. The third-order valence-corrected chi connectivity index (χ3v) is 10.6. The summed E-state index contributed by atoms with van der Waals surface area (Å²) in [5.41, 5.74) is 3.74. The maximum absolute atomic E-state index is 14.1. The Morgan fingerprint density at radius 3 is 2.52 bits per heavy atom. The molecule has 0 spiro atoms. The topological polar surface area (TPSA) is 113 Å². The molecule has 1 unspecified atom stereocenters. The van der Waals surface area contributed by atoms with Gasteiger partial charge in [0.2, 0.25) is 5.91 Å². The summed E-state index contributed by atoms with van der Waals surface area (Å²) in [5.74, 6) is 0.462. The number of aliphatic hydroxyl groups is 1. The molecular weight excluding hydrogens is 694 g/mol. The van der Waals surface area contributed by atoms with Crippen molar-refractivity contribution in [1.29, 1.82) is 0 Å². The molecule has 14 heteroatoms. The van der Waals surface area contributed by atoms with Gasteiger partial charge in [0.1, 0.15) is 6.61 Å². The minimum atomic E-state index is -4.59. The van der Waals surface area contributed by atoms with Gasteiger partial charge < -0.3 is 25.0 Å². The Labute approximate surface area is 305 Å². The number of alkyl carbamates (subject to hydrolysis) is 1. The number of aliphatic hydroxyl groups excluding tert-OH is 1. The summed E-state index contributed by atoms with van der Waals surface area (Å²) >= 11 is 0.979. The highest BCUT2D eigenvalue weighted by Gasteiger charge is 2.35. The van der Waals surface area contributed by atoms with E-state index in [0.717, 1.165) is 66.3 Å². The third kappa shape index (κ3) is 9.52. The van der Waals surface area contributed by atoms with Crippen molar-refractivity contribution in [3.8, 4) is 11.3 Å². The molecule has 10 nitrogen and oxygen atoms in total. The number of aromatic nitrogens is 3. The van der Waals surface area contributed by atoms with Crippen molar-refractivity contribution in [2.45, 2.75) is 69.0 Å². The number of hydrogen-bond acceptors (Lipinski definition) is 8. The first-order valence-electron chi connectivity index (χ1n) is 17.5. The lowest BCUT2D eigenvalue weighted by Gasteiger charge is -2.33. The summed E-state index contributed by atoms with van der Waals surface area (Å²) in [4.78, 5) is 33.0. The molecule has 1 atom stereocenters. The van der Waals surface area contributed by atoms with Gasteiger partial charge in [-0.1, -0.05) is 42.5 Å². The summed E-state index contributed by atoms with van der Waals surface area (Å²) in [5, 5.41) is 18.7. The van der Waals surface area contributed by atoms with Crippen LogP contribution in [0.4, 0.5) is 18.0 Å². The second kappa shape index (κ2) is 17.0. The number of nitrogens with zero attached hydrogens (tertiary/aromatic N) is 5. The molecule has 2 aliphatic heterocycles. The van der Waals surface area contributed by atoms with E-state index in [4.69, 9.17) is 9.84 Å². The Bertz CT molecular complexity index is 1820. The fraction of sp³-hybridized carbons (Fsp3) is 0.421. The van der Waals surface area contributed by atoms with Crippen LogP contribution in [0.1, 0.15) is 53.8 Å². The third-order valence-electron chi connectivity index (χ3n) is 9.53. The minimum Gasteiger partial charge on any atom is -0.445 e. The van der Waals surface area contributed by atoms with Crippen molar-refractivity contribution in [2.24, 2.45) is 0 Å². The number of piperidine rings is 1. The van der Waals surface area contributed by atoms with E-state index < -0.39 is 23.9 Å². The van der Waals surface area contributed by atoms with Crippen LogP contribution in [0, 0.1) is 0 Å². The number of carbonyl (C=O) groups is 2. The number of halogens is 3. The quantitative estimate of drug-likeness (QED) is 0.132. The highest BCUT2D eigenvalue weighted by molar-refractivity contribution is 7.99. The number of ether oxygens (including phenoxy) is 1. The highest BCUT2D eigenvalue weighted by Crippen LogP contribution is 2.40. The van der Waals surface area contributed by atoms with Gasteiger partial charge in [-0.3, -0.25) is 14.5 Å². The number of hydrogen-bond donors (Lipinski definition) is 2.